The van der Waals surface area contributed by atoms with Crippen LogP contribution in [0.4, 0.5) is 0 Å². The molecule has 1 heterocycles. The van der Waals surface area contributed by atoms with Crippen LogP contribution in [0, 0.1) is 6.92 Å². The predicted molar refractivity (Wildman–Crippen MR) is 70.6 cm³/mol. The van der Waals surface area contributed by atoms with Gasteiger partial charge in [0.15, 0.2) is 0 Å². The summed E-state index contributed by atoms with van der Waals surface area (Å²) < 4.78 is 18.0. The molecule has 0 bridgehead atoms. The van der Waals surface area contributed by atoms with Crippen molar-refractivity contribution in [2.75, 3.05) is 5.75 Å². The first kappa shape index (κ1) is 12.8. The highest BCUT2D eigenvalue weighted by Gasteiger charge is 2.21. The smallest absolute Gasteiger partial charge is 0.0697 e. The van der Waals surface area contributed by atoms with Gasteiger partial charge in [-0.1, -0.05) is 17.7 Å². The Morgan fingerprint density at radius 2 is 2.00 bits per heavy atom. The van der Waals surface area contributed by atoms with E-state index >= 15 is 0 Å². The molecule has 0 radical (unpaired) electrons. The van der Waals surface area contributed by atoms with Crippen LogP contribution >= 0.6 is 0 Å². The highest BCUT2D eigenvalue weighted by Crippen LogP contribution is 2.20. The van der Waals surface area contributed by atoms with Crippen LogP contribution in [-0.4, -0.2) is 22.2 Å². The molecule has 1 aromatic rings. The summed E-state index contributed by atoms with van der Waals surface area (Å²) in [6.07, 6.45) is 3.86. The van der Waals surface area contributed by atoms with Gasteiger partial charge in [0.2, 0.25) is 0 Å². The van der Waals surface area contributed by atoms with Gasteiger partial charge >= 0.3 is 0 Å². The molecule has 0 N–H and O–H groups in total. The molecule has 0 aromatic heterocycles. The Morgan fingerprint density at radius 1 is 1.29 bits per heavy atom. The third-order valence-corrected chi connectivity index (χ3v) is 4.66. The molecule has 0 aliphatic carbocycles. The zero-order valence-electron chi connectivity index (χ0n) is 10.5. The normalized spacial score (nSPS) is 26.7. The molecule has 17 heavy (non-hydrogen) atoms. The van der Waals surface area contributed by atoms with Crippen LogP contribution < -0.4 is 0 Å². The molecule has 1 aliphatic rings. The third kappa shape index (κ3) is 3.65. The van der Waals surface area contributed by atoms with E-state index in [-0.39, 0.29) is 6.10 Å². The lowest BCUT2D eigenvalue weighted by Crippen LogP contribution is -2.29. The Morgan fingerprint density at radius 3 is 2.65 bits per heavy atom. The molecule has 0 unspecified atom stereocenters. The molecular weight excluding hydrogens is 232 g/mol. The van der Waals surface area contributed by atoms with E-state index in [2.05, 4.69) is 6.92 Å². The van der Waals surface area contributed by atoms with Gasteiger partial charge in [0.25, 0.3) is 0 Å². The van der Waals surface area contributed by atoms with Gasteiger partial charge in [-0.3, -0.25) is 4.21 Å². The largest absolute Gasteiger partial charge is 0.374 e. The molecule has 2 nitrogen and oxygen atoms in total. The maximum atomic E-state index is 12.2. The summed E-state index contributed by atoms with van der Waals surface area (Å²) >= 11 is 0. The minimum Gasteiger partial charge on any atom is -0.374 e. The number of ether oxygens (including phenoxy) is 1. The van der Waals surface area contributed by atoms with Crippen molar-refractivity contribution in [3.8, 4) is 0 Å². The van der Waals surface area contributed by atoms with Crippen LogP contribution in [0.15, 0.2) is 29.2 Å². The molecule has 3 heteroatoms. The van der Waals surface area contributed by atoms with Crippen LogP contribution in [0.5, 0.6) is 0 Å². The van der Waals surface area contributed by atoms with Gasteiger partial charge in [0, 0.05) is 4.90 Å². The predicted octanol–water partition coefficient (Wildman–Crippen LogP) is 3.06. The van der Waals surface area contributed by atoms with Crippen molar-refractivity contribution in [1.82, 2.24) is 0 Å². The van der Waals surface area contributed by atoms with Crippen molar-refractivity contribution in [2.24, 2.45) is 0 Å². The van der Waals surface area contributed by atoms with E-state index in [1.165, 1.54) is 12.0 Å². The molecular formula is C14H20O2S. The molecule has 2 rings (SSSR count). The summed E-state index contributed by atoms with van der Waals surface area (Å²) in [5.41, 5.74) is 1.20. The Bertz CT molecular complexity index is 386. The standard InChI is InChI=1S/C14H20O2S/c1-11-6-8-14(9-7-11)17(15)10-13-5-3-4-12(2)16-13/h6-9,12-13H,3-5,10H2,1-2H3/t12-,13-,17-/m1/s1. The van der Waals surface area contributed by atoms with E-state index in [1.807, 2.05) is 31.2 Å². The third-order valence-electron chi connectivity index (χ3n) is 3.18. The van der Waals surface area contributed by atoms with Gasteiger partial charge in [-0.2, -0.15) is 0 Å². The average Bonchev–Trinajstić information content (AvgIpc) is 2.29. The fraction of sp³-hybridized carbons (Fsp3) is 0.571. The summed E-state index contributed by atoms with van der Waals surface area (Å²) in [6.45, 7) is 4.14. The molecule has 1 aliphatic heterocycles. The van der Waals surface area contributed by atoms with Crippen LogP contribution in [0.3, 0.4) is 0 Å². The number of hydrogen-bond acceptors (Lipinski definition) is 2. The second-order valence-electron chi connectivity index (χ2n) is 4.82. The first-order chi connectivity index (χ1) is 8.15. The summed E-state index contributed by atoms with van der Waals surface area (Å²) in [4.78, 5) is 0.914. The first-order valence-electron chi connectivity index (χ1n) is 6.25. The zero-order chi connectivity index (χ0) is 12.3. The minimum atomic E-state index is -0.929. The Hall–Kier alpha value is -0.670. The van der Waals surface area contributed by atoms with E-state index in [0.29, 0.717) is 11.9 Å². The Balaban J connectivity index is 1.94. The quantitative estimate of drug-likeness (QED) is 0.826. The van der Waals surface area contributed by atoms with Crippen LogP contribution in [0.2, 0.25) is 0 Å². The van der Waals surface area contributed by atoms with Gasteiger partial charge in [0.05, 0.1) is 28.8 Å². The topological polar surface area (TPSA) is 26.3 Å². The number of aryl methyl sites for hydroxylation is 1. The lowest BCUT2D eigenvalue weighted by Gasteiger charge is -2.27. The lowest BCUT2D eigenvalue weighted by molar-refractivity contribution is -0.0270. The van der Waals surface area contributed by atoms with Crippen molar-refractivity contribution >= 4 is 10.8 Å². The lowest BCUT2D eigenvalue weighted by atomic mass is 10.1. The molecule has 94 valence electrons. The Labute approximate surface area is 106 Å². The monoisotopic (exact) mass is 252 g/mol. The molecule has 1 saturated heterocycles. The number of benzene rings is 1. The van der Waals surface area contributed by atoms with Crippen molar-refractivity contribution < 1.29 is 8.95 Å². The van der Waals surface area contributed by atoms with Crippen molar-refractivity contribution in [2.45, 2.75) is 50.2 Å². The zero-order valence-corrected chi connectivity index (χ0v) is 11.3. The van der Waals surface area contributed by atoms with Gasteiger partial charge in [-0.15, -0.1) is 0 Å². The second kappa shape index (κ2) is 5.78. The van der Waals surface area contributed by atoms with E-state index in [0.717, 1.165) is 17.7 Å². The maximum Gasteiger partial charge on any atom is 0.0697 e. The summed E-state index contributed by atoms with van der Waals surface area (Å²) in [5, 5.41) is 0. The number of rotatable bonds is 3. The summed E-state index contributed by atoms with van der Waals surface area (Å²) in [6, 6.07) is 7.94. The fourth-order valence-electron chi connectivity index (χ4n) is 2.18. The van der Waals surface area contributed by atoms with Crippen molar-refractivity contribution in [1.29, 1.82) is 0 Å². The minimum absolute atomic E-state index is 0.167. The summed E-state index contributed by atoms with van der Waals surface area (Å²) in [5.74, 6) is 0.632. The Kier molecular flexibility index (Phi) is 4.35. The van der Waals surface area contributed by atoms with Gasteiger partial charge in [-0.25, -0.2) is 0 Å². The van der Waals surface area contributed by atoms with E-state index in [4.69, 9.17) is 4.74 Å². The average molecular weight is 252 g/mol. The van der Waals surface area contributed by atoms with E-state index < -0.39 is 10.8 Å². The highest BCUT2D eigenvalue weighted by molar-refractivity contribution is 7.85. The summed E-state index contributed by atoms with van der Waals surface area (Å²) in [7, 11) is -0.929. The number of hydrogen-bond donors (Lipinski definition) is 0. The molecule has 1 aromatic carbocycles. The van der Waals surface area contributed by atoms with Crippen LogP contribution in [0.1, 0.15) is 31.7 Å². The van der Waals surface area contributed by atoms with Gasteiger partial charge in [0.1, 0.15) is 0 Å². The maximum absolute atomic E-state index is 12.2. The molecule has 0 saturated carbocycles. The SMILES string of the molecule is Cc1ccc([S@](=O)C[C@H]2CCC[C@@H](C)O2)cc1. The van der Waals surface area contributed by atoms with Gasteiger partial charge < -0.3 is 4.74 Å². The van der Waals surface area contributed by atoms with Gasteiger partial charge in [-0.05, 0) is 45.2 Å². The first-order valence-corrected chi connectivity index (χ1v) is 7.57. The van der Waals surface area contributed by atoms with Crippen molar-refractivity contribution in [3.05, 3.63) is 29.8 Å². The fourth-order valence-corrected chi connectivity index (χ4v) is 3.39. The molecule has 1 fully saturated rings. The van der Waals surface area contributed by atoms with Crippen molar-refractivity contribution in [3.63, 3.8) is 0 Å². The molecule has 0 amide bonds. The molecule has 3 atom stereocenters. The molecule has 0 spiro atoms. The second-order valence-corrected chi connectivity index (χ2v) is 6.32. The van der Waals surface area contributed by atoms with Crippen LogP contribution in [-0.2, 0) is 15.5 Å². The van der Waals surface area contributed by atoms with Crippen LogP contribution in [0.25, 0.3) is 0 Å². The van der Waals surface area contributed by atoms with E-state index in [9.17, 15) is 4.21 Å². The highest BCUT2D eigenvalue weighted by atomic mass is 32.2. The van der Waals surface area contributed by atoms with E-state index in [1.54, 1.807) is 0 Å².